The van der Waals surface area contributed by atoms with Crippen LogP contribution in [0, 0.1) is 0 Å². The monoisotopic (exact) mass is 800 g/mol. The highest BCUT2D eigenvalue weighted by Crippen LogP contribution is 2.73. The van der Waals surface area contributed by atoms with Gasteiger partial charge in [-0.3, -0.25) is 0 Å². The minimum atomic E-state index is -1.85. The number of anilines is 3. The van der Waals surface area contributed by atoms with E-state index in [2.05, 4.69) is 217 Å². The number of aromatic nitrogens is 1. The highest BCUT2D eigenvalue weighted by molar-refractivity contribution is 8.34. The topological polar surface area (TPSA) is 29.3 Å². The molecule has 10 aromatic carbocycles. The molecular weight excluding hydrogens is 761 g/mol. The molecule has 0 aliphatic carbocycles. The smallest absolute Gasteiger partial charge is 0.227 e. The second-order valence-corrected chi connectivity index (χ2v) is 18.3. The van der Waals surface area contributed by atoms with E-state index >= 15 is 0 Å². The quantitative estimate of drug-likeness (QED) is 0.136. The lowest BCUT2D eigenvalue weighted by atomic mass is 9.99. The van der Waals surface area contributed by atoms with E-state index in [-0.39, 0.29) is 0 Å². The van der Waals surface area contributed by atoms with Crippen LogP contribution in [0.3, 0.4) is 0 Å². The molecule has 0 spiro atoms. The summed E-state index contributed by atoms with van der Waals surface area (Å²) in [6.07, 6.45) is 0. The highest BCUT2D eigenvalue weighted by Gasteiger charge is 2.33. The predicted molar refractivity (Wildman–Crippen MR) is 255 cm³/mol. The third-order valence-corrected chi connectivity index (χ3v) is 15.5. The molecule has 11 aromatic rings. The van der Waals surface area contributed by atoms with Crippen LogP contribution in [0.1, 0.15) is 0 Å². The molecule has 3 nitrogen and oxygen atoms in total. The van der Waals surface area contributed by atoms with E-state index < -0.39 is 10.0 Å². The Kier molecular flexibility index (Phi) is 9.26. The van der Waals surface area contributed by atoms with Gasteiger partial charge >= 0.3 is 0 Å². The van der Waals surface area contributed by atoms with Gasteiger partial charge < -0.3 is 9.32 Å². The molecule has 0 N–H and O–H groups in total. The van der Waals surface area contributed by atoms with Gasteiger partial charge in [-0.15, -0.1) is 10.0 Å². The Morgan fingerprint density at radius 1 is 0.361 bits per heavy atom. The first kappa shape index (κ1) is 36.4. The van der Waals surface area contributed by atoms with Gasteiger partial charge in [0.2, 0.25) is 5.89 Å². The first-order valence-electron chi connectivity index (χ1n) is 20.6. The van der Waals surface area contributed by atoms with Crippen LogP contribution in [0.15, 0.2) is 267 Å². The maximum Gasteiger partial charge on any atom is 0.227 e. The Labute approximate surface area is 357 Å². The lowest BCUT2D eigenvalue weighted by Crippen LogP contribution is -2.11. The summed E-state index contributed by atoms with van der Waals surface area (Å²) in [6, 6.07) is 87.3. The Hall–Kier alpha value is -7.66. The van der Waals surface area contributed by atoms with Gasteiger partial charge in [0.25, 0.3) is 0 Å². The van der Waals surface area contributed by atoms with Gasteiger partial charge in [0.1, 0.15) is 5.52 Å². The molecule has 0 aliphatic rings. The Morgan fingerprint density at radius 2 is 0.836 bits per heavy atom. The molecule has 0 aliphatic heterocycles. The van der Waals surface area contributed by atoms with Crippen molar-refractivity contribution >= 4 is 59.7 Å². The van der Waals surface area contributed by atoms with Gasteiger partial charge in [0, 0.05) is 47.6 Å². The van der Waals surface area contributed by atoms with Crippen molar-refractivity contribution in [3.05, 3.63) is 243 Å². The van der Waals surface area contributed by atoms with Gasteiger partial charge in [-0.2, -0.15) is 0 Å². The predicted octanol–water partition coefficient (Wildman–Crippen LogP) is 16.3. The minimum Gasteiger partial charge on any atom is -0.435 e. The van der Waals surface area contributed by atoms with Crippen LogP contribution >= 0.6 is 10.0 Å². The van der Waals surface area contributed by atoms with Crippen molar-refractivity contribution < 1.29 is 4.42 Å². The molecule has 0 amide bonds. The Balaban J connectivity index is 1.12. The molecule has 290 valence electrons. The normalized spacial score (nSPS) is 11.9. The average Bonchev–Trinajstić information content (AvgIpc) is 3.79. The molecule has 0 unspecified atom stereocenters. The average molecular weight is 801 g/mol. The molecular formula is C57H40N2OS. The van der Waals surface area contributed by atoms with Crippen molar-refractivity contribution in [1.82, 2.24) is 4.98 Å². The van der Waals surface area contributed by atoms with Crippen LogP contribution in [-0.2, 0) is 0 Å². The van der Waals surface area contributed by atoms with E-state index in [1.54, 1.807) is 0 Å². The lowest BCUT2D eigenvalue weighted by molar-refractivity contribution is 0.623. The summed E-state index contributed by atoms with van der Waals surface area (Å²) >= 11 is 0. The van der Waals surface area contributed by atoms with Crippen LogP contribution < -0.4 is 4.90 Å². The number of oxazole rings is 1. The lowest BCUT2D eigenvalue weighted by Gasteiger charge is -2.42. The van der Waals surface area contributed by atoms with Crippen molar-refractivity contribution in [3.8, 4) is 22.6 Å². The summed E-state index contributed by atoms with van der Waals surface area (Å²) in [5.41, 5.74) is 8.10. The van der Waals surface area contributed by atoms with Crippen LogP contribution in [0.2, 0.25) is 0 Å². The van der Waals surface area contributed by atoms with Crippen molar-refractivity contribution in [2.45, 2.75) is 19.6 Å². The summed E-state index contributed by atoms with van der Waals surface area (Å²) in [4.78, 5) is 12.5. The molecule has 1 aromatic heterocycles. The van der Waals surface area contributed by atoms with Gasteiger partial charge in [-0.25, -0.2) is 4.98 Å². The fraction of sp³-hybridized carbons (Fsp3) is 0. The zero-order chi connectivity index (χ0) is 40.6. The minimum absolute atomic E-state index is 0.621. The SMILES string of the molecule is c1ccc(-c2cccc(N(c3ccc(S(c4ccccc4)(c4ccccc4)c4ccccc4)cc3)c3ccc4ccc5ccc6nc(-c7ccccc7)oc6c5c4c3)c2)cc1. The second-order valence-electron chi connectivity index (χ2n) is 15.2. The van der Waals surface area contributed by atoms with E-state index in [0.717, 1.165) is 60.8 Å². The molecule has 1 heterocycles. The van der Waals surface area contributed by atoms with Crippen molar-refractivity contribution in [3.63, 3.8) is 0 Å². The van der Waals surface area contributed by atoms with Crippen LogP contribution in [0.5, 0.6) is 0 Å². The van der Waals surface area contributed by atoms with E-state index in [4.69, 9.17) is 9.40 Å². The van der Waals surface area contributed by atoms with E-state index in [0.29, 0.717) is 5.89 Å². The number of nitrogens with zero attached hydrogens (tertiary/aromatic N) is 2. The van der Waals surface area contributed by atoms with Crippen molar-refractivity contribution in [1.29, 1.82) is 0 Å². The van der Waals surface area contributed by atoms with E-state index in [9.17, 15) is 0 Å². The highest BCUT2D eigenvalue weighted by atomic mass is 32.3. The fourth-order valence-electron chi connectivity index (χ4n) is 8.74. The molecule has 0 atom stereocenters. The van der Waals surface area contributed by atoms with Gasteiger partial charge in [-0.05, 0) is 130 Å². The molecule has 0 saturated heterocycles. The fourth-order valence-corrected chi connectivity index (χ4v) is 12.6. The maximum atomic E-state index is 6.64. The summed E-state index contributed by atoms with van der Waals surface area (Å²) < 4.78 is 6.64. The Morgan fingerprint density at radius 3 is 1.46 bits per heavy atom. The van der Waals surface area contributed by atoms with E-state index in [1.165, 1.54) is 25.1 Å². The molecule has 4 heteroatoms. The molecule has 61 heavy (non-hydrogen) atoms. The van der Waals surface area contributed by atoms with Gasteiger partial charge in [0.05, 0.1) is 0 Å². The Bertz CT molecular complexity index is 3180. The molecule has 0 radical (unpaired) electrons. The molecule has 0 fully saturated rings. The largest absolute Gasteiger partial charge is 0.435 e. The summed E-state index contributed by atoms with van der Waals surface area (Å²) in [5.74, 6) is 0.621. The summed E-state index contributed by atoms with van der Waals surface area (Å²) in [7, 11) is -1.85. The van der Waals surface area contributed by atoms with E-state index in [1.807, 2.05) is 30.3 Å². The molecule has 0 saturated carbocycles. The molecule has 0 bridgehead atoms. The van der Waals surface area contributed by atoms with Crippen molar-refractivity contribution in [2.75, 3.05) is 4.90 Å². The third kappa shape index (κ3) is 6.46. The number of fused-ring (bicyclic) bond motifs is 5. The number of rotatable bonds is 9. The van der Waals surface area contributed by atoms with Crippen LogP contribution in [0.4, 0.5) is 17.1 Å². The summed E-state index contributed by atoms with van der Waals surface area (Å²) in [6.45, 7) is 0. The van der Waals surface area contributed by atoms with Gasteiger partial charge in [-0.1, -0.05) is 140 Å². The zero-order valence-corrected chi connectivity index (χ0v) is 34.1. The standard InChI is InChI=1S/C57H40N2OS/c1-6-17-41(18-7-1)45-21-16-22-47(39-45)59(48-33-31-42-29-30-43-32-38-54-56(55(43)53(42)40-48)60-57(58-54)44-19-8-2-9-20-44)46-34-36-52(37-35-46)61(49-23-10-3-11-24-49,50-25-12-4-13-26-50)51-27-14-5-15-28-51/h1-40H. The third-order valence-electron chi connectivity index (χ3n) is 11.6. The first-order chi connectivity index (χ1) is 30.2. The maximum absolute atomic E-state index is 6.64. The molecule has 11 rings (SSSR count). The second kappa shape index (κ2) is 15.5. The van der Waals surface area contributed by atoms with Crippen LogP contribution in [-0.4, -0.2) is 4.98 Å². The summed E-state index contributed by atoms with van der Waals surface area (Å²) in [5, 5.41) is 4.41. The number of hydrogen-bond donors (Lipinski definition) is 0. The van der Waals surface area contributed by atoms with Crippen LogP contribution in [0.25, 0.3) is 55.2 Å². The van der Waals surface area contributed by atoms with Gasteiger partial charge in [0.15, 0.2) is 5.58 Å². The number of hydrogen-bond acceptors (Lipinski definition) is 3. The number of benzene rings is 10. The zero-order valence-electron chi connectivity index (χ0n) is 33.3. The van der Waals surface area contributed by atoms with Crippen molar-refractivity contribution in [2.24, 2.45) is 0 Å². The first-order valence-corrected chi connectivity index (χ1v) is 22.2.